The zero-order valence-electron chi connectivity index (χ0n) is 9.78. The molecule has 1 rings (SSSR count). The second-order valence-corrected chi connectivity index (χ2v) is 3.83. The van der Waals surface area contributed by atoms with E-state index in [1.807, 2.05) is 0 Å². The first kappa shape index (κ1) is 13.9. The van der Waals surface area contributed by atoms with E-state index in [4.69, 9.17) is 16.3 Å². The molecule has 0 saturated carbocycles. The van der Waals surface area contributed by atoms with Crippen LogP contribution >= 0.6 is 11.6 Å². The maximum atomic E-state index is 11.5. The maximum absolute atomic E-state index is 11.5. The number of aromatic nitrogens is 2. The van der Waals surface area contributed by atoms with Gasteiger partial charge < -0.3 is 10.1 Å². The highest BCUT2D eigenvalue weighted by Gasteiger charge is 2.06. The number of hydrogen-bond donors (Lipinski definition) is 1. The van der Waals surface area contributed by atoms with Crippen LogP contribution < -0.4 is 5.32 Å². The molecule has 1 heterocycles. The van der Waals surface area contributed by atoms with Crippen molar-refractivity contribution in [3.05, 3.63) is 23.2 Å². The molecule has 0 atom stereocenters. The third kappa shape index (κ3) is 5.60. The van der Waals surface area contributed by atoms with Gasteiger partial charge in [0.2, 0.25) is 0 Å². The summed E-state index contributed by atoms with van der Waals surface area (Å²) >= 11 is 5.57. The summed E-state index contributed by atoms with van der Waals surface area (Å²) in [4.78, 5) is 19.2. The molecule has 0 spiro atoms. The van der Waals surface area contributed by atoms with E-state index in [0.717, 1.165) is 19.4 Å². The zero-order valence-corrected chi connectivity index (χ0v) is 10.5. The Bertz CT molecular complexity index is 343. The predicted molar refractivity (Wildman–Crippen MR) is 65.1 cm³/mol. The lowest BCUT2D eigenvalue weighted by Crippen LogP contribution is -2.26. The highest BCUT2D eigenvalue weighted by molar-refractivity contribution is 6.29. The molecule has 5 nitrogen and oxygen atoms in total. The molecular formula is C11H16ClN3O2. The quantitative estimate of drug-likeness (QED) is 0.755. The van der Waals surface area contributed by atoms with Crippen LogP contribution in [0.15, 0.2) is 12.4 Å². The summed E-state index contributed by atoms with van der Waals surface area (Å²) in [5.41, 5.74) is 0.267. The molecule has 0 radical (unpaired) electrons. The first-order valence-electron chi connectivity index (χ1n) is 5.57. The Morgan fingerprint density at radius 1 is 1.41 bits per heavy atom. The van der Waals surface area contributed by atoms with Crippen molar-refractivity contribution in [3.8, 4) is 0 Å². The highest BCUT2D eigenvalue weighted by Crippen LogP contribution is 2.00. The SMILES string of the molecule is CCCOCCCNC(=O)c1cnc(Cl)cn1. The summed E-state index contributed by atoms with van der Waals surface area (Å²) < 4.78 is 5.29. The van der Waals surface area contributed by atoms with Crippen LogP contribution in [0.4, 0.5) is 0 Å². The number of ether oxygens (including phenoxy) is 1. The Morgan fingerprint density at radius 2 is 2.24 bits per heavy atom. The number of amides is 1. The topological polar surface area (TPSA) is 64.1 Å². The van der Waals surface area contributed by atoms with Crippen molar-refractivity contribution in [2.75, 3.05) is 19.8 Å². The lowest BCUT2D eigenvalue weighted by molar-refractivity contribution is 0.0936. The molecule has 0 saturated heterocycles. The summed E-state index contributed by atoms with van der Waals surface area (Å²) in [6.45, 7) is 4.03. The first-order chi connectivity index (χ1) is 8.24. The fraction of sp³-hybridized carbons (Fsp3) is 0.545. The fourth-order valence-electron chi connectivity index (χ4n) is 1.14. The van der Waals surface area contributed by atoms with Gasteiger partial charge in [-0.1, -0.05) is 18.5 Å². The van der Waals surface area contributed by atoms with Crippen LogP contribution in [0.5, 0.6) is 0 Å². The molecule has 1 aromatic rings. The monoisotopic (exact) mass is 257 g/mol. The van der Waals surface area contributed by atoms with Gasteiger partial charge in [0.25, 0.3) is 5.91 Å². The molecule has 0 unspecified atom stereocenters. The molecule has 0 aliphatic carbocycles. The van der Waals surface area contributed by atoms with E-state index in [2.05, 4.69) is 22.2 Å². The lowest BCUT2D eigenvalue weighted by Gasteiger charge is -2.04. The molecule has 94 valence electrons. The molecule has 0 aliphatic rings. The van der Waals surface area contributed by atoms with E-state index >= 15 is 0 Å². The van der Waals surface area contributed by atoms with Crippen molar-refractivity contribution in [2.45, 2.75) is 19.8 Å². The van der Waals surface area contributed by atoms with Crippen LogP contribution in [-0.2, 0) is 4.74 Å². The molecule has 0 aromatic carbocycles. The molecule has 17 heavy (non-hydrogen) atoms. The standard InChI is InChI=1S/C11H16ClN3O2/c1-2-5-17-6-3-4-13-11(16)9-7-15-10(12)8-14-9/h7-8H,2-6H2,1H3,(H,13,16). The summed E-state index contributed by atoms with van der Waals surface area (Å²) in [5.74, 6) is -0.246. The number of carbonyl (C=O) groups is 1. The van der Waals surface area contributed by atoms with Crippen molar-refractivity contribution >= 4 is 17.5 Å². The predicted octanol–water partition coefficient (Wildman–Crippen LogP) is 1.68. The van der Waals surface area contributed by atoms with E-state index in [1.165, 1.54) is 12.4 Å². The molecule has 0 fully saturated rings. The number of nitrogens with zero attached hydrogens (tertiary/aromatic N) is 2. The first-order valence-corrected chi connectivity index (χ1v) is 5.95. The van der Waals surface area contributed by atoms with Gasteiger partial charge in [-0.3, -0.25) is 4.79 Å². The average molecular weight is 258 g/mol. The number of nitrogens with one attached hydrogen (secondary N) is 1. The molecule has 6 heteroatoms. The smallest absolute Gasteiger partial charge is 0.271 e. The van der Waals surface area contributed by atoms with Crippen molar-refractivity contribution in [3.63, 3.8) is 0 Å². The largest absolute Gasteiger partial charge is 0.381 e. The summed E-state index contributed by atoms with van der Waals surface area (Å²) in [6.07, 6.45) is 4.49. The van der Waals surface area contributed by atoms with Gasteiger partial charge >= 0.3 is 0 Å². The van der Waals surface area contributed by atoms with Crippen LogP contribution in [0, 0.1) is 0 Å². The van der Waals surface area contributed by atoms with E-state index in [9.17, 15) is 4.79 Å². The normalized spacial score (nSPS) is 10.2. The minimum atomic E-state index is -0.246. The second-order valence-electron chi connectivity index (χ2n) is 3.45. The van der Waals surface area contributed by atoms with Crippen LogP contribution in [0.3, 0.4) is 0 Å². The van der Waals surface area contributed by atoms with Gasteiger partial charge in [0.05, 0.1) is 12.4 Å². The molecule has 1 amide bonds. The summed E-state index contributed by atoms with van der Waals surface area (Å²) in [5, 5.41) is 3.00. The average Bonchev–Trinajstić information content (AvgIpc) is 2.34. The Morgan fingerprint density at radius 3 is 2.88 bits per heavy atom. The summed E-state index contributed by atoms with van der Waals surface area (Å²) in [7, 11) is 0. The Balaban J connectivity index is 2.19. The maximum Gasteiger partial charge on any atom is 0.271 e. The molecule has 0 bridgehead atoms. The van der Waals surface area contributed by atoms with Crippen molar-refractivity contribution in [1.29, 1.82) is 0 Å². The number of carbonyl (C=O) groups excluding carboxylic acids is 1. The third-order valence-corrected chi connectivity index (χ3v) is 2.15. The second kappa shape index (κ2) is 7.97. The van der Waals surface area contributed by atoms with Crippen LogP contribution in [0.2, 0.25) is 5.15 Å². The van der Waals surface area contributed by atoms with Gasteiger partial charge in [-0.15, -0.1) is 0 Å². The highest BCUT2D eigenvalue weighted by atomic mass is 35.5. The van der Waals surface area contributed by atoms with Gasteiger partial charge in [0.1, 0.15) is 10.8 Å². The Labute approximate surface area is 106 Å². The van der Waals surface area contributed by atoms with Crippen LogP contribution in [-0.4, -0.2) is 35.6 Å². The van der Waals surface area contributed by atoms with Crippen molar-refractivity contribution in [1.82, 2.24) is 15.3 Å². The van der Waals surface area contributed by atoms with Gasteiger partial charge in [-0.25, -0.2) is 9.97 Å². The third-order valence-electron chi connectivity index (χ3n) is 1.95. The molecular weight excluding hydrogens is 242 g/mol. The molecule has 1 aromatic heterocycles. The van der Waals surface area contributed by atoms with E-state index < -0.39 is 0 Å². The fourth-order valence-corrected chi connectivity index (χ4v) is 1.24. The number of rotatable bonds is 7. The summed E-state index contributed by atoms with van der Waals surface area (Å²) in [6, 6.07) is 0. The van der Waals surface area contributed by atoms with Crippen molar-refractivity contribution < 1.29 is 9.53 Å². The number of hydrogen-bond acceptors (Lipinski definition) is 4. The number of halogens is 1. The van der Waals surface area contributed by atoms with Crippen LogP contribution in [0.1, 0.15) is 30.3 Å². The van der Waals surface area contributed by atoms with Crippen molar-refractivity contribution in [2.24, 2.45) is 0 Å². The lowest BCUT2D eigenvalue weighted by atomic mass is 10.4. The molecule has 0 aliphatic heterocycles. The van der Waals surface area contributed by atoms with Gasteiger partial charge in [0.15, 0.2) is 0 Å². The van der Waals surface area contributed by atoms with E-state index in [0.29, 0.717) is 13.2 Å². The van der Waals surface area contributed by atoms with Gasteiger partial charge in [-0.2, -0.15) is 0 Å². The zero-order chi connectivity index (χ0) is 12.5. The minimum Gasteiger partial charge on any atom is -0.381 e. The Kier molecular flexibility index (Phi) is 6.50. The Hall–Kier alpha value is -1.20. The molecule has 1 N–H and O–H groups in total. The van der Waals surface area contributed by atoms with Gasteiger partial charge in [0, 0.05) is 19.8 Å². The van der Waals surface area contributed by atoms with Crippen LogP contribution in [0.25, 0.3) is 0 Å². The minimum absolute atomic E-state index is 0.246. The van der Waals surface area contributed by atoms with Gasteiger partial charge in [-0.05, 0) is 12.8 Å². The van der Waals surface area contributed by atoms with E-state index in [-0.39, 0.29) is 16.8 Å². The van der Waals surface area contributed by atoms with E-state index in [1.54, 1.807) is 0 Å².